The van der Waals surface area contributed by atoms with E-state index in [9.17, 15) is 4.79 Å². The Kier molecular flexibility index (Phi) is 6.17. The van der Waals surface area contributed by atoms with Crippen LogP contribution in [0, 0.1) is 0 Å². The monoisotopic (exact) mass is 532 g/mol. The fourth-order valence-electron chi connectivity index (χ4n) is 4.31. The van der Waals surface area contributed by atoms with Gasteiger partial charge in [0.05, 0.1) is 24.4 Å². The lowest BCUT2D eigenvalue weighted by Gasteiger charge is -2.29. The molecule has 2 atom stereocenters. The number of nitrogens with one attached hydrogen (secondary N) is 1. The number of esters is 1. The summed E-state index contributed by atoms with van der Waals surface area (Å²) in [6, 6.07) is 25.1. The summed E-state index contributed by atoms with van der Waals surface area (Å²) in [7, 11) is 1.38. The highest BCUT2D eigenvalue weighted by Crippen LogP contribution is 2.42. The van der Waals surface area contributed by atoms with Crippen molar-refractivity contribution in [2.24, 2.45) is 0 Å². The molecule has 1 saturated heterocycles. The largest absolute Gasteiger partial charge is 0.465 e. The lowest BCUT2D eigenvalue weighted by molar-refractivity contribution is 0.0600. The molecule has 0 bridgehead atoms. The van der Waals surface area contributed by atoms with Crippen LogP contribution in [0.15, 0.2) is 95.7 Å². The molecule has 0 aliphatic carbocycles. The van der Waals surface area contributed by atoms with Crippen LogP contribution < -0.4 is 10.2 Å². The van der Waals surface area contributed by atoms with Gasteiger partial charge < -0.3 is 19.5 Å². The molecule has 2 aromatic heterocycles. The van der Waals surface area contributed by atoms with Gasteiger partial charge >= 0.3 is 5.97 Å². The summed E-state index contributed by atoms with van der Waals surface area (Å²) in [5, 5.41) is 4.11. The zero-order chi connectivity index (χ0) is 23.7. The minimum Gasteiger partial charge on any atom is -0.465 e. The Labute approximate surface area is 211 Å². The highest BCUT2D eigenvalue weighted by atomic mass is 79.9. The summed E-state index contributed by atoms with van der Waals surface area (Å²) < 4.78 is 7.99. The van der Waals surface area contributed by atoms with E-state index in [-0.39, 0.29) is 18.1 Å². The number of halogens is 1. The average Bonchev–Trinajstić information content (AvgIpc) is 3.49. The van der Waals surface area contributed by atoms with Crippen molar-refractivity contribution in [2.75, 3.05) is 12.0 Å². The number of methoxy groups -OCH3 is 1. The fraction of sp³-hybridized carbons (Fsp3) is 0.115. The maximum Gasteiger partial charge on any atom is 0.337 e. The number of carbonyl (C=O) groups is 1. The smallest absolute Gasteiger partial charge is 0.337 e. The highest BCUT2D eigenvalue weighted by Gasteiger charge is 2.42. The van der Waals surface area contributed by atoms with Gasteiger partial charge in [0, 0.05) is 33.9 Å². The number of ether oxygens (including phenoxy) is 1. The zero-order valence-electron chi connectivity index (χ0n) is 18.3. The van der Waals surface area contributed by atoms with Crippen molar-refractivity contribution < 1.29 is 9.53 Å². The highest BCUT2D eigenvalue weighted by molar-refractivity contribution is 9.10. The Morgan fingerprint density at radius 2 is 1.85 bits per heavy atom. The maximum absolute atomic E-state index is 12.1. The van der Waals surface area contributed by atoms with Crippen LogP contribution >= 0.6 is 28.1 Å². The molecular formula is C26H21BrN4O2S. The van der Waals surface area contributed by atoms with Gasteiger partial charge in [-0.15, -0.1) is 0 Å². The molecule has 0 unspecified atom stereocenters. The first-order chi connectivity index (χ1) is 16.6. The van der Waals surface area contributed by atoms with E-state index in [2.05, 4.69) is 41.8 Å². The van der Waals surface area contributed by atoms with Gasteiger partial charge in [-0.3, -0.25) is 4.98 Å². The number of nitrogens with zero attached hydrogens (tertiary/aromatic N) is 3. The van der Waals surface area contributed by atoms with Crippen molar-refractivity contribution in [3.05, 3.63) is 113 Å². The quantitative estimate of drug-likeness (QED) is 0.266. The van der Waals surface area contributed by atoms with Crippen LogP contribution in [0.3, 0.4) is 0 Å². The number of carbonyl (C=O) groups excluding carboxylic acids is 1. The summed E-state index contributed by atoms with van der Waals surface area (Å²) in [6.45, 7) is 0. The predicted octanol–water partition coefficient (Wildman–Crippen LogP) is 5.60. The van der Waals surface area contributed by atoms with Crippen molar-refractivity contribution in [1.29, 1.82) is 0 Å². The van der Waals surface area contributed by atoms with Gasteiger partial charge in [0.15, 0.2) is 5.11 Å². The number of hydrogen-bond acceptors (Lipinski definition) is 4. The van der Waals surface area contributed by atoms with E-state index in [4.69, 9.17) is 17.0 Å². The molecule has 1 N–H and O–H groups in total. The van der Waals surface area contributed by atoms with Gasteiger partial charge in [0.2, 0.25) is 0 Å². The number of hydrogen-bond donors (Lipinski definition) is 1. The molecule has 6 nitrogen and oxygen atoms in total. The molecule has 170 valence electrons. The van der Waals surface area contributed by atoms with Crippen molar-refractivity contribution in [2.45, 2.75) is 12.1 Å². The topological polar surface area (TPSA) is 59.4 Å². The third-order valence-electron chi connectivity index (χ3n) is 5.83. The van der Waals surface area contributed by atoms with Gasteiger partial charge in [0.1, 0.15) is 6.04 Å². The molecule has 0 spiro atoms. The summed E-state index contributed by atoms with van der Waals surface area (Å²) in [5.74, 6) is -0.373. The van der Waals surface area contributed by atoms with Crippen LogP contribution in [0.25, 0.3) is 5.69 Å². The molecule has 0 amide bonds. The Bertz CT molecular complexity index is 1340. The number of benzene rings is 2. The molecular weight excluding hydrogens is 512 g/mol. The SMILES string of the molecule is COC(=O)c1cccc(-n2cccc2[C@H]2[C@@H](c3ccccn3)NC(=S)N2c2ccc(Br)cc2)c1. The van der Waals surface area contributed by atoms with Gasteiger partial charge in [-0.1, -0.05) is 28.1 Å². The van der Waals surface area contributed by atoms with E-state index in [1.165, 1.54) is 7.11 Å². The van der Waals surface area contributed by atoms with Crippen LogP contribution in [0.4, 0.5) is 5.69 Å². The lowest BCUT2D eigenvalue weighted by atomic mass is 10.0. The van der Waals surface area contributed by atoms with Crippen LogP contribution in [0.5, 0.6) is 0 Å². The summed E-state index contributed by atoms with van der Waals surface area (Å²) >= 11 is 9.34. The van der Waals surface area contributed by atoms with Crippen molar-refractivity contribution in [3.8, 4) is 5.69 Å². The Morgan fingerprint density at radius 1 is 1.03 bits per heavy atom. The number of pyridine rings is 1. The predicted molar refractivity (Wildman–Crippen MR) is 139 cm³/mol. The van der Waals surface area contributed by atoms with E-state index in [1.807, 2.05) is 72.9 Å². The number of thiocarbonyl (C=S) groups is 1. The van der Waals surface area contributed by atoms with Crippen molar-refractivity contribution in [3.63, 3.8) is 0 Å². The van der Waals surface area contributed by atoms with E-state index in [1.54, 1.807) is 12.3 Å². The summed E-state index contributed by atoms with van der Waals surface area (Å²) in [5.41, 5.74) is 4.22. The van der Waals surface area contributed by atoms with Crippen molar-refractivity contribution in [1.82, 2.24) is 14.9 Å². The number of rotatable bonds is 5. The van der Waals surface area contributed by atoms with E-state index in [0.717, 1.165) is 27.2 Å². The molecule has 1 aliphatic rings. The molecule has 8 heteroatoms. The Balaban J connectivity index is 1.65. The normalized spacial score (nSPS) is 17.5. The standard InChI is InChI=1S/C26H21BrN4O2S/c1-33-25(32)17-6-4-7-20(16-17)30-15-5-9-22(30)24-23(21-8-2-3-14-28-21)29-26(34)31(24)19-12-10-18(27)11-13-19/h2-16,23-24H,1H3,(H,29,34)/t23-,24+/m1/s1. The second kappa shape index (κ2) is 9.40. The van der Waals surface area contributed by atoms with Crippen LogP contribution in [-0.2, 0) is 4.74 Å². The Hall–Kier alpha value is -3.49. The fourth-order valence-corrected chi connectivity index (χ4v) is 4.92. The minimum absolute atomic E-state index is 0.171. The molecule has 2 aromatic carbocycles. The zero-order valence-corrected chi connectivity index (χ0v) is 20.7. The first-order valence-electron chi connectivity index (χ1n) is 10.7. The molecule has 0 radical (unpaired) electrons. The molecule has 3 heterocycles. The third-order valence-corrected chi connectivity index (χ3v) is 6.67. The van der Waals surface area contributed by atoms with Crippen LogP contribution in [0.2, 0.25) is 0 Å². The molecule has 5 rings (SSSR count). The van der Waals surface area contributed by atoms with Crippen molar-refractivity contribution >= 4 is 44.9 Å². The maximum atomic E-state index is 12.1. The van der Waals surface area contributed by atoms with E-state index in [0.29, 0.717) is 10.7 Å². The number of aromatic nitrogens is 2. The molecule has 0 saturated carbocycles. The third kappa shape index (κ3) is 4.10. The minimum atomic E-state index is -0.373. The van der Waals surface area contributed by atoms with Gasteiger partial charge in [-0.05, 0) is 78.9 Å². The van der Waals surface area contributed by atoms with Gasteiger partial charge in [0.25, 0.3) is 0 Å². The molecule has 1 aliphatic heterocycles. The second-order valence-corrected chi connectivity index (χ2v) is 9.12. The van der Waals surface area contributed by atoms with E-state index >= 15 is 0 Å². The molecule has 4 aromatic rings. The Morgan fingerprint density at radius 3 is 2.59 bits per heavy atom. The first-order valence-corrected chi connectivity index (χ1v) is 11.9. The second-order valence-electron chi connectivity index (χ2n) is 7.82. The van der Waals surface area contributed by atoms with Gasteiger partial charge in [-0.2, -0.15) is 0 Å². The van der Waals surface area contributed by atoms with Crippen LogP contribution in [0.1, 0.15) is 33.8 Å². The van der Waals surface area contributed by atoms with Gasteiger partial charge in [-0.25, -0.2) is 4.79 Å². The van der Waals surface area contributed by atoms with E-state index < -0.39 is 0 Å². The molecule has 1 fully saturated rings. The summed E-state index contributed by atoms with van der Waals surface area (Å²) in [4.78, 5) is 18.9. The first kappa shape index (κ1) is 22.3. The average molecular weight is 533 g/mol. The lowest BCUT2D eigenvalue weighted by Crippen LogP contribution is -2.30. The summed E-state index contributed by atoms with van der Waals surface area (Å²) in [6.07, 6.45) is 3.78. The number of anilines is 1. The molecule has 34 heavy (non-hydrogen) atoms. The van der Waals surface area contributed by atoms with Crippen LogP contribution in [-0.4, -0.2) is 27.7 Å².